The van der Waals surface area contributed by atoms with E-state index in [1.165, 1.54) is 7.11 Å². The SMILES string of the molecule is COC(=O)c1cc(OCC(C)(C)OC(C)(C)C)c(OCC(C)(C)OC(C)(C)C)cc1N.NC=O. The Kier molecular flexibility index (Phi) is 11.4. The number of carbonyl (C=O) groups excluding carboxylic acids is 2. The minimum absolute atomic E-state index is 0.213. The summed E-state index contributed by atoms with van der Waals surface area (Å²) < 4.78 is 29.1. The van der Waals surface area contributed by atoms with Gasteiger partial charge in [0.15, 0.2) is 11.5 Å². The van der Waals surface area contributed by atoms with Crippen LogP contribution in [0.1, 0.15) is 79.6 Å². The summed E-state index contributed by atoms with van der Waals surface area (Å²) in [6.07, 6.45) is 0.250. The minimum Gasteiger partial charge on any atom is -0.487 e. The second-order valence-electron chi connectivity index (χ2n) is 11.0. The molecule has 0 atom stereocenters. The second kappa shape index (κ2) is 12.3. The van der Waals surface area contributed by atoms with Crippen LogP contribution in [-0.2, 0) is 19.0 Å². The van der Waals surface area contributed by atoms with Gasteiger partial charge < -0.3 is 35.2 Å². The number of carbonyl (C=O) groups is 2. The van der Waals surface area contributed by atoms with Gasteiger partial charge in [-0.25, -0.2) is 4.79 Å². The van der Waals surface area contributed by atoms with Crippen molar-refractivity contribution in [3.05, 3.63) is 17.7 Å². The van der Waals surface area contributed by atoms with Gasteiger partial charge in [0.05, 0.1) is 40.8 Å². The molecule has 0 radical (unpaired) electrons. The highest BCUT2D eigenvalue weighted by Gasteiger charge is 2.29. The molecule has 0 fully saturated rings. The zero-order chi connectivity index (χ0) is 27.0. The van der Waals surface area contributed by atoms with E-state index in [0.717, 1.165) is 0 Å². The molecule has 1 aromatic carbocycles. The quantitative estimate of drug-likeness (QED) is 0.304. The van der Waals surface area contributed by atoms with E-state index in [1.807, 2.05) is 69.2 Å². The first-order chi connectivity index (χ1) is 15.3. The van der Waals surface area contributed by atoms with Crippen LogP contribution in [0.15, 0.2) is 12.1 Å². The Hall–Kier alpha value is -2.52. The Labute approximate surface area is 204 Å². The number of anilines is 1. The van der Waals surface area contributed by atoms with Crippen molar-refractivity contribution in [1.29, 1.82) is 0 Å². The smallest absolute Gasteiger partial charge is 0.340 e. The number of amides is 1. The van der Waals surface area contributed by atoms with Gasteiger partial charge in [0.2, 0.25) is 6.41 Å². The van der Waals surface area contributed by atoms with E-state index < -0.39 is 17.2 Å². The summed E-state index contributed by atoms with van der Waals surface area (Å²) in [5, 5.41) is 0. The van der Waals surface area contributed by atoms with E-state index >= 15 is 0 Å². The maximum atomic E-state index is 12.1. The number of benzene rings is 1. The van der Waals surface area contributed by atoms with E-state index in [-0.39, 0.29) is 42.1 Å². The molecule has 0 bridgehead atoms. The van der Waals surface area contributed by atoms with Gasteiger partial charge in [-0.2, -0.15) is 0 Å². The van der Waals surface area contributed by atoms with Gasteiger partial charge in [-0.15, -0.1) is 0 Å². The summed E-state index contributed by atoms with van der Waals surface area (Å²) in [5.74, 6) is 0.254. The normalized spacial score (nSPS) is 12.3. The molecule has 0 saturated carbocycles. The summed E-state index contributed by atoms with van der Waals surface area (Å²) >= 11 is 0. The summed E-state index contributed by atoms with van der Waals surface area (Å²) in [7, 11) is 1.30. The number of ether oxygens (including phenoxy) is 5. The molecule has 1 amide bonds. The van der Waals surface area contributed by atoms with E-state index in [4.69, 9.17) is 34.2 Å². The fourth-order valence-electron chi connectivity index (χ4n) is 3.31. The second-order valence-corrected chi connectivity index (χ2v) is 11.0. The number of rotatable bonds is 9. The largest absolute Gasteiger partial charge is 0.487 e. The Bertz CT molecular complexity index is 807. The van der Waals surface area contributed by atoms with Crippen LogP contribution in [-0.4, -0.2) is 55.1 Å². The molecule has 4 N–H and O–H groups in total. The number of primary amides is 1. The zero-order valence-electron chi connectivity index (χ0n) is 22.7. The molecule has 0 aliphatic carbocycles. The van der Waals surface area contributed by atoms with Crippen molar-refractivity contribution < 1.29 is 33.3 Å². The predicted octanol–water partition coefficient (Wildman–Crippen LogP) is 4.10. The number of nitrogens with two attached hydrogens (primary N) is 2. The highest BCUT2D eigenvalue weighted by Crippen LogP contribution is 2.35. The lowest BCUT2D eigenvalue weighted by Crippen LogP contribution is -2.40. The van der Waals surface area contributed by atoms with Gasteiger partial charge in [0.25, 0.3) is 0 Å². The third-order valence-electron chi connectivity index (χ3n) is 3.84. The number of esters is 1. The molecule has 0 heterocycles. The highest BCUT2D eigenvalue weighted by atomic mass is 16.6. The van der Waals surface area contributed by atoms with Gasteiger partial charge in [-0.1, -0.05) is 0 Å². The summed E-state index contributed by atoms with van der Waals surface area (Å²) in [5.41, 5.74) is 8.92. The van der Waals surface area contributed by atoms with Crippen molar-refractivity contribution in [2.24, 2.45) is 5.73 Å². The van der Waals surface area contributed by atoms with Crippen LogP contribution in [0.25, 0.3) is 0 Å². The van der Waals surface area contributed by atoms with Crippen LogP contribution < -0.4 is 20.9 Å². The Morgan fingerprint density at radius 3 is 1.50 bits per heavy atom. The third kappa shape index (κ3) is 12.6. The van der Waals surface area contributed by atoms with Gasteiger partial charge in [0.1, 0.15) is 13.2 Å². The molecule has 1 aromatic rings. The van der Waals surface area contributed by atoms with E-state index in [0.29, 0.717) is 11.5 Å². The van der Waals surface area contributed by atoms with Crippen LogP contribution in [0.5, 0.6) is 11.5 Å². The lowest BCUT2D eigenvalue weighted by Gasteiger charge is -2.34. The molecule has 0 saturated heterocycles. The Morgan fingerprint density at radius 1 is 0.824 bits per heavy atom. The number of hydrogen-bond donors (Lipinski definition) is 2. The topological polar surface area (TPSA) is 132 Å². The number of methoxy groups -OCH3 is 1. The van der Waals surface area contributed by atoms with Crippen LogP contribution >= 0.6 is 0 Å². The maximum Gasteiger partial charge on any atom is 0.340 e. The van der Waals surface area contributed by atoms with Gasteiger partial charge in [-0.05, 0) is 69.2 Å². The lowest BCUT2D eigenvalue weighted by atomic mass is 10.1. The standard InChI is InChI=1S/C24H41NO6.CH3NO/c1-21(2,3)30-23(7,8)14-28-18-12-16(20(26)27-11)17(25)13-19(18)29-15-24(9,10)31-22(4,5)6;2-1-3/h12-13H,14-15,25H2,1-11H3;1H,(H2,2,3). The first-order valence-electron chi connectivity index (χ1n) is 11.1. The fourth-order valence-corrected chi connectivity index (χ4v) is 3.31. The molecular formula is C25H44N2O7. The molecule has 0 unspecified atom stereocenters. The van der Waals surface area contributed by atoms with Gasteiger partial charge in [-0.3, -0.25) is 4.79 Å². The third-order valence-corrected chi connectivity index (χ3v) is 3.84. The molecule has 9 nitrogen and oxygen atoms in total. The van der Waals surface area contributed by atoms with E-state index in [1.54, 1.807) is 12.1 Å². The highest BCUT2D eigenvalue weighted by molar-refractivity contribution is 5.96. The van der Waals surface area contributed by atoms with Gasteiger partial charge >= 0.3 is 5.97 Å². The molecule has 196 valence electrons. The summed E-state index contributed by atoms with van der Waals surface area (Å²) in [6.45, 7) is 20.2. The van der Waals surface area contributed by atoms with Crippen LogP contribution in [0.3, 0.4) is 0 Å². The van der Waals surface area contributed by atoms with Crippen molar-refractivity contribution in [2.45, 2.75) is 91.6 Å². The first kappa shape index (κ1) is 31.5. The fraction of sp³-hybridized carbons (Fsp3) is 0.680. The van der Waals surface area contributed by atoms with Crippen LogP contribution in [0.4, 0.5) is 5.69 Å². The van der Waals surface area contributed by atoms with Crippen molar-refractivity contribution >= 4 is 18.1 Å². The van der Waals surface area contributed by atoms with E-state index in [2.05, 4.69) is 5.73 Å². The van der Waals surface area contributed by atoms with Crippen molar-refractivity contribution in [3.63, 3.8) is 0 Å². The van der Waals surface area contributed by atoms with Crippen molar-refractivity contribution in [2.75, 3.05) is 26.1 Å². The van der Waals surface area contributed by atoms with Crippen molar-refractivity contribution in [3.8, 4) is 11.5 Å². The summed E-state index contributed by atoms with van der Waals surface area (Å²) in [4.78, 5) is 20.7. The molecule has 0 aromatic heterocycles. The Morgan fingerprint density at radius 2 is 1.18 bits per heavy atom. The molecule has 34 heavy (non-hydrogen) atoms. The molecular weight excluding hydrogens is 440 g/mol. The average molecular weight is 485 g/mol. The number of nitrogen functional groups attached to an aromatic ring is 1. The average Bonchev–Trinajstić information content (AvgIpc) is 2.61. The Balaban J connectivity index is 0.00000343. The van der Waals surface area contributed by atoms with Crippen molar-refractivity contribution in [1.82, 2.24) is 0 Å². The molecule has 1 rings (SSSR count). The van der Waals surface area contributed by atoms with E-state index in [9.17, 15) is 4.79 Å². The van der Waals surface area contributed by atoms with Gasteiger partial charge in [0, 0.05) is 12.1 Å². The minimum atomic E-state index is -0.572. The zero-order valence-corrected chi connectivity index (χ0v) is 22.7. The maximum absolute atomic E-state index is 12.1. The predicted molar refractivity (Wildman–Crippen MR) is 133 cm³/mol. The molecule has 0 aliphatic heterocycles. The lowest BCUT2D eigenvalue weighted by molar-refractivity contribution is -0.131. The number of hydrogen-bond acceptors (Lipinski definition) is 8. The molecule has 0 aliphatic rings. The molecule has 0 spiro atoms. The first-order valence-corrected chi connectivity index (χ1v) is 11.1. The monoisotopic (exact) mass is 484 g/mol. The molecule has 9 heteroatoms. The van der Waals surface area contributed by atoms with Crippen LogP contribution in [0.2, 0.25) is 0 Å². The summed E-state index contributed by atoms with van der Waals surface area (Å²) in [6, 6.07) is 3.12. The van der Waals surface area contributed by atoms with Crippen LogP contribution in [0, 0.1) is 0 Å².